The Morgan fingerprint density at radius 1 is 0.968 bits per heavy atom. The standard InChI is InChI=1S/C20H34N4O7/c1-5-11(4)16(20(30)31)24-19(29)15(10(2)3)23-18(28)13(9-14(25)26)22-17(27)12-7-6-8-21-12/h10-13,15-16,21H,5-9H2,1-4H3,(H,22,27)(H,23,28)(H,24,29)(H,25,26)(H,30,31). The molecule has 3 amide bonds. The highest BCUT2D eigenvalue weighted by molar-refractivity contribution is 5.95. The van der Waals surface area contributed by atoms with Gasteiger partial charge in [0.2, 0.25) is 17.7 Å². The van der Waals surface area contributed by atoms with E-state index in [1.54, 1.807) is 27.7 Å². The number of aliphatic carboxylic acids is 2. The second kappa shape index (κ2) is 12.2. The van der Waals surface area contributed by atoms with Crippen molar-refractivity contribution in [2.75, 3.05) is 6.54 Å². The average Bonchev–Trinajstić information content (AvgIpc) is 3.22. The van der Waals surface area contributed by atoms with E-state index < -0.39 is 66.2 Å². The third kappa shape index (κ3) is 8.16. The molecular weight excluding hydrogens is 408 g/mol. The zero-order valence-electron chi connectivity index (χ0n) is 18.4. The number of carboxylic acids is 2. The molecule has 1 heterocycles. The molecule has 0 spiro atoms. The minimum Gasteiger partial charge on any atom is -0.481 e. The van der Waals surface area contributed by atoms with E-state index in [-0.39, 0.29) is 5.92 Å². The van der Waals surface area contributed by atoms with Crippen molar-refractivity contribution in [1.82, 2.24) is 21.3 Å². The minimum atomic E-state index is -1.37. The lowest BCUT2D eigenvalue weighted by atomic mass is 9.97. The molecule has 0 radical (unpaired) electrons. The summed E-state index contributed by atoms with van der Waals surface area (Å²) in [6.07, 6.45) is 1.25. The van der Waals surface area contributed by atoms with Crippen LogP contribution in [-0.4, -0.2) is 70.6 Å². The maximum absolute atomic E-state index is 12.8. The van der Waals surface area contributed by atoms with Gasteiger partial charge in [-0.2, -0.15) is 0 Å². The zero-order chi connectivity index (χ0) is 23.7. The molecule has 31 heavy (non-hydrogen) atoms. The average molecular weight is 443 g/mol. The van der Waals surface area contributed by atoms with Crippen LogP contribution in [0.4, 0.5) is 0 Å². The first-order valence-corrected chi connectivity index (χ1v) is 10.6. The molecule has 0 aliphatic carbocycles. The van der Waals surface area contributed by atoms with E-state index in [1.807, 2.05) is 0 Å². The number of amides is 3. The first-order valence-electron chi connectivity index (χ1n) is 10.6. The van der Waals surface area contributed by atoms with Crippen molar-refractivity contribution in [3.63, 3.8) is 0 Å². The molecule has 6 N–H and O–H groups in total. The highest BCUT2D eigenvalue weighted by atomic mass is 16.4. The molecule has 0 bridgehead atoms. The Labute approximate surface area is 181 Å². The lowest BCUT2D eigenvalue weighted by molar-refractivity contribution is -0.144. The van der Waals surface area contributed by atoms with Gasteiger partial charge in [0.15, 0.2) is 0 Å². The van der Waals surface area contributed by atoms with Gasteiger partial charge in [-0.15, -0.1) is 0 Å². The van der Waals surface area contributed by atoms with Crippen LogP contribution in [0.5, 0.6) is 0 Å². The van der Waals surface area contributed by atoms with Crippen molar-refractivity contribution >= 4 is 29.7 Å². The van der Waals surface area contributed by atoms with Crippen molar-refractivity contribution in [2.24, 2.45) is 11.8 Å². The molecule has 1 aliphatic heterocycles. The number of carboxylic acid groups (broad SMARTS) is 2. The number of carbonyl (C=O) groups excluding carboxylic acids is 3. The Bertz CT molecular complexity index is 676. The third-order valence-corrected chi connectivity index (χ3v) is 5.41. The van der Waals surface area contributed by atoms with Gasteiger partial charge >= 0.3 is 11.9 Å². The van der Waals surface area contributed by atoms with Crippen molar-refractivity contribution in [1.29, 1.82) is 0 Å². The summed E-state index contributed by atoms with van der Waals surface area (Å²) in [6, 6.07) is -4.10. The van der Waals surface area contributed by atoms with E-state index in [0.717, 1.165) is 6.42 Å². The summed E-state index contributed by atoms with van der Waals surface area (Å²) in [7, 11) is 0. The van der Waals surface area contributed by atoms with Crippen LogP contribution in [0.1, 0.15) is 53.4 Å². The van der Waals surface area contributed by atoms with Crippen LogP contribution in [0.3, 0.4) is 0 Å². The first-order chi connectivity index (χ1) is 14.5. The molecule has 1 aliphatic rings. The largest absolute Gasteiger partial charge is 0.481 e. The Kier molecular flexibility index (Phi) is 10.4. The second-order valence-corrected chi connectivity index (χ2v) is 8.25. The fourth-order valence-electron chi connectivity index (χ4n) is 3.28. The quantitative estimate of drug-likeness (QED) is 0.233. The maximum Gasteiger partial charge on any atom is 0.326 e. The van der Waals surface area contributed by atoms with E-state index in [0.29, 0.717) is 19.4 Å². The van der Waals surface area contributed by atoms with Gasteiger partial charge in [-0.25, -0.2) is 4.79 Å². The Hall–Kier alpha value is -2.69. The van der Waals surface area contributed by atoms with E-state index in [4.69, 9.17) is 5.11 Å². The number of rotatable bonds is 12. The smallest absolute Gasteiger partial charge is 0.326 e. The highest BCUT2D eigenvalue weighted by Gasteiger charge is 2.34. The van der Waals surface area contributed by atoms with Crippen molar-refractivity contribution < 1.29 is 34.2 Å². The number of nitrogens with one attached hydrogen (secondary N) is 4. The molecule has 0 saturated carbocycles. The molecule has 0 aromatic rings. The highest BCUT2D eigenvalue weighted by Crippen LogP contribution is 2.11. The van der Waals surface area contributed by atoms with Crippen LogP contribution in [0.15, 0.2) is 0 Å². The molecule has 1 rings (SSSR count). The van der Waals surface area contributed by atoms with Gasteiger partial charge in [0.05, 0.1) is 12.5 Å². The van der Waals surface area contributed by atoms with Gasteiger partial charge in [-0.05, 0) is 31.2 Å². The summed E-state index contributed by atoms with van der Waals surface area (Å²) < 4.78 is 0. The molecule has 176 valence electrons. The first kappa shape index (κ1) is 26.3. The van der Waals surface area contributed by atoms with Gasteiger partial charge in [-0.3, -0.25) is 19.2 Å². The van der Waals surface area contributed by atoms with E-state index >= 15 is 0 Å². The van der Waals surface area contributed by atoms with E-state index in [1.165, 1.54) is 0 Å². The SMILES string of the molecule is CCC(C)C(NC(=O)C(NC(=O)C(CC(=O)O)NC(=O)C1CCCN1)C(C)C)C(=O)O. The molecule has 5 atom stereocenters. The maximum atomic E-state index is 12.8. The normalized spacial score (nSPS) is 19.7. The summed E-state index contributed by atoms with van der Waals surface area (Å²) in [5, 5.41) is 28.9. The second-order valence-electron chi connectivity index (χ2n) is 8.25. The number of hydrogen-bond donors (Lipinski definition) is 6. The fourth-order valence-corrected chi connectivity index (χ4v) is 3.28. The molecule has 1 saturated heterocycles. The molecule has 11 heteroatoms. The topological polar surface area (TPSA) is 174 Å². The van der Waals surface area contributed by atoms with Gasteiger partial charge in [0.25, 0.3) is 0 Å². The van der Waals surface area contributed by atoms with E-state index in [2.05, 4.69) is 21.3 Å². The molecule has 0 aromatic carbocycles. The lowest BCUT2D eigenvalue weighted by Crippen LogP contribution is -2.59. The summed E-state index contributed by atoms with van der Waals surface area (Å²) in [5.41, 5.74) is 0. The summed E-state index contributed by atoms with van der Waals surface area (Å²) in [5.74, 6) is -5.19. The predicted molar refractivity (Wildman–Crippen MR) is 111 cm³/mol. The van der Waals surface area contributed by atoms with Gasteiger partial charge < -0.3 is 31.5 Å². The lowest BCUT2D eigenvalue weighted by Gasteiger charge is -2.28. The third-order valence-electron chi connectivity index (χ3n) is 5.41. The van der Waals surface area contributed by atoms with Crippen molar-refractivity contribution in [3.05, 3.63) is 0 Å². The molecule has 1 fully saturated rings. The summed E-state index contributed by atoms with van der Waals surface area (Å²) in [4.78, 5) is 60.5. The number of hydrogen-bond acceptors (Lipinski definition) is 6. The molecular formula is C20H34N4O7. The molecule has 0 aromatic heterocycles. The predicted octanol–water partition coefficient (Wildman–Crippen LogP) is -0.546. The van der Waals surface area contributed by atoms with Crippen molar-refractivity contribution in [3.8, 4) is 0 Å². The Morgan fingerprint density at radius 3 is 2.03 bits per heavy atom. The summed E-state index contributed by atoms with van der Waals surface area (Å²) >= 11 is 0. The van der Waals surface area contributed by atoms with Gasteiger partial charge in [-0.1, -0.05) is 34.1 Å². The van der Waals surface area contributed by atoms with E-state index in [9.17, 15) is 29.1 Å². The molecule has 11 nitrogen and oxygen atoms in total. The van der Waals surface area contributed by atoms with Crippen LogP contribution in [-0.2, 0) is 24.0 Å². The number of carbonyl (C=O) groups is 5. The van der Waals surface area contributed by atoms with Crippen LogP contribution < -0.4 is 21.3 Å². The fraction of sp³-hybridized carbons (Fsp3) is 0.750. The molecule has 5 unspecified atom stereocenters. The Balaban J connectivity index is 2.91. The van der Waals surface area contributed by atoms with Gasteiger partial charge in [0.1, 0.15) is 18.1 Å². The van der Waals surface area contributed by atoms with Crippen molar-refractivity contribution in [2.45, 2.75) is 77.5 Å². The minimum absolute atomic E-state index is 0.331. The summed E-state index contributed by atoms with van der Waals surface area (Å²) in [6.45, 7) is 7.47. The monoisotopic (exact) mass is 442 g/mol. The zero-order valence-corrected chi connectivity index (χ0v) is 18.4. The van der Waals surface area contributed by atoms with Crippen LogP contribution in [0.2, 0.25) is 0 Å². The van der Waals surface area contributed by atoms with Crippen LogP contribution in [0, 0.1) is 11.8 Å². The van der Waals surface area contributed by atoms with Crippen LogP contribution in [0.25, 0.3) is 0 Å². The Morgan fingerprint density at radius 2 is 1.58 bits per heavy atom. The van der Waals surface area contributed by atoms with Crippen LogP contribution >= 0.6 is 0 Å². The van der Waals surface area contributed by atoms with Gasteiger partial charge in [0, 0.05) is 0 Å².